The minimum Gasteiger partial charge on any atom is -0.497 e. The summed E-state index contributed by atoms with van der Waals surface area (Å²) in [6.07, 6.45) is 2.24. The lowest BCUT2D eigenvalue weighted by Crippen LogP contribution is -2.45. The third-order valence-electron chi connectivity index (χ3n) is 4.44. The molecule has 126 valence electrons. The Morgan fingerprint density at radius 1 is 1.30 bits per heavy atom. The van der Waals surface area contributed by atoms with Crippen LogP contribution in [0.5, 0.6) is 5.75 Å². The Morgan fingerprint density at radius 3 is 2.74 bits per heavy atom. The van der Waals surface area contributed by atoms with Crippen LogP contribution >= 0.6 is 0 Å². The van der Waals surface area contributed by atoms with E-state index in [0.717, 1.165) is 43.9 Å². The van der Waals surface area contributed by atoms with Crippen LogP contribution in [0.15, 0.2) is 24.3 Å². The van der Waals surface area contributed by atoms with Crippen molar-refractivity contribution >= 4 is 11.6 Å². The first-order valence-corrected chi connectivity index (χ1v) is 8.13. The van der Waals surface area contributed by atoms with Gasteiger partial charge in [0.2, 0.25) is 5.91 Å². The lowest BCUT2D eigenvalue weighted by molar-refractivity contribution is -0.185. The number of anilines is 1. The van der Waals surface area contributed by atoms with E-state index in [1.165, 1.54) is 0 Å². The molecule has 3 rings (SSSR count). The summed E-state index contributed by atoms with van der Waals surface area (Å²) in [7, 11) is 1.61. The van der Waals surface area contributed by atoms with Gasteiger partial charge >= 0.3 is 0 Å². The molecule has 0 aromatic heterocycles. The van der Waals surface area contributed by atoms with Crippen LogP contribution < -0.4 is 10.1 Å². The summed E-state index contributed by atoms with van der Waals surface area (Å²) in [5.41, 5.74) is 0.764. The second-order valence-corrected chi connectivity index (χ2v) is 5.98. The van der Waals surface area contributed by atoms with Gasteiger partial charge in [0.05, 0.1) is 20.3 Å². The van der Waals surface area contributed by atoms with Crippen molar-refractivity contribution in [3.05, 3.63) is 24.3 Å². The number of ether oxygens (including phenoxy) is 3. The van der Waals surface area contributed by atoms with Crippen LogP contribution in [0.2, 0.25) is 0 Å². The van der Waals surface area contributed by atoms with Gasteiger partial charge in [-0.2, -0.15) is 0 Å². The summed E-state index contributed by atoms with van der Waals surface area (Å²) < 4.78 is 16.6. The molecule has 1 spiro atoms. The van der Waals surface area contributed by atoms with E-state index in [2.05, 4.69) is 10.2 Å². The molecule has 23 heavy (non-hydrogen) atoms. The van der Waals surface area contributed by atoms with Crippen LogP contribution in [0.25, 0.3) is 0 Å². The van der Waals surface area contributed by atoms with Gasteiger partial charge in [0.25, 0.3) is 0 Å². The Hall–Kier alpha value is -1.63. The Morgan fingerprint density at radius 2 is 2.04 bits per heavy atom. The number of carbonyl (C=O) groups is 1. The van der Waals surface area contributed by atoms with Crippen molar-refractivity contribution in [3.8, 4) is 5.75 Å². The van der Waals surface area contributed by atoms with Crippen molar-refractivity contribution in [2.45, 2.75) is 25.0 Å². The minimum absolute atomic E-state index is 0.0203. The molecule has 0 saturated carbocycles. The first-order valence-electron chi connectivity index (χ1n) is 8.13. The van der Waals surface area contributed by atoms with Crippen LogP contribution in [-0.2, 0) is 14.3 Å². The van der Waals surface area contributed by atoms with Crippen molar-refractivity contribution in [1.29, 1.82) is 0 Å². The third-order valence-corrected chi connectivity index (χ3v) is 4.44. The smallest absolute Gasteiger partial charge is 0.225 e. The standard InChI is InChI=1S/C17H24N2O4/c1-21-15-4-2-3-14(13-15)18-16(20)5-8-19-9-6-17(7-10-19)22-11-12-23-17/h2-4,13H,5-12H2,1H3,(H,18,20). The normalized spacial score (nSPS) is 20.6. The van der Waals surface area contributed by atoms with Gasteiger partial charge in [0, 0.05) is 50.7 Å². The molecule has 2 heterocycles. The molecule has 2 saturated heterocycles. The average Bonchev–Trinajstić information content (AvgIpc) is 3.03. The Labute approximate surface area is 136 Å². The maximum absolute atomic E-state index is 12.1. The summed E-state index contributed by atoms with van der Waals surface area (Å²) >= 11 is 0. The number of hydrogen-bond acceptors (Lipinski definition) is 5. The van der Waals surface area contributed by atoms with Crippen LogP contribution in [0.1, 0.15) is 19.3 Å². The van der Waals surface area contributed by atoms with E-state index in [1.807, 2.05) is 24.3 Å². The highest BCUT2D eigenvalue weighted by molar-refractivity contribution is 5.91. The fraction of sp³-hybridized carbons (Fsp3) is 0.588. The highest BCUT2D eigenvalue weighted by atomic mass is 16.7. The Kier molecular flexibility index (Phi) is 5.15. The van der Waals surface area contributed by atoms with Gasteiger partial charge < -0.3 is 24.4 Å². The molecule has 2 aliphatic heterocycles. The van der Waals surface area contributed by atoms with Crippen LogP contribution in [0.4, 0.5) is 5.69 Å². The predicted molar refractivity (Wildman–Crippen MR) is 86.5 cm³/mol. The number of piperidine rings is 1. The molecule has 1 amide bonds. The van der Waals surface area contributed by atoms with Gasteiger partial charge in [-0.1, -0.05) is 6.07 Å². The Bertz CT molecular complexity index is 533. The second kappa shape index (κ2) is 7.29. The van der Waals surface area contributed by atoms with Crippen LogP contribution in [-0.4, -0.2) is 56.6 Å². The number of methoxy groups -OCH3 is 1. The lowest BCUT2D eigenvalue weighted by atomic mass is 10.0. The fourth-order valence-electron chi connectivity index (χ4n) is 3.09. The number of rotatable bonds is 5. The topological polar surface area (TPSA) is 60.0 Å². The van der Waals surface area contributed by atoms with E-state index in [4.69, 9.17) is 14.2 Å². The molecule has 1 N–H and O–H groups in total. The maximum atomic E-state index is 12.1. The van der Waals surface area contributed by atoms with Gasteiger partial charge in [-0.3, -0.25) is 4.79 Å². The highest BCUT2D eigenvalue weighted by Crippen LogP contribution is 2.31. The largest absolute Gasteiger partial charge is 0.497 e. The maximum Gasteiger partial charge on any atom is 0.225 e. The van der Waals surface area contributed by atoms with E-state index in [1.54, 1.807) is 7.11 Å². The number of amides is 1. The molecule has 2 aliphatic rings. The van der Waals surface area contributed by atoms with E-state index in [-0.39, 0.29) is 11.7 Å². The quantitative estimate of drug-likeness (QED) is 0.897. The molecule has 6 heteroatoms. The monoisotopic (exact) mass is 320 g/mol. The predicted octanol–water partition coefficient (Wildman–Crippen LogP) is 1.86. The number of hydrogen-bond donors (Lipinski definition) is 1. The molecule has 6 nitrogen and oxygen atoms in total. The number of nitrogens with one attached hydrogen (secondary N) is 1. The van der Waals surface area contributed by atoms with Crippen LogP contribution in [0.3, 0.4) is 0 Å². The van der Waals surface area contributed by atoms with Gasteiger partial charge in [-0.25, -0.2) is 0 Å². The van der Waals surface area contributed by atoms with Crippen molar-refractivity contribution in [1.82, 2.24) is 4.90 Å². The summed E-state index contributed by atoms with van der Waals surface area (Å²) in [6, 6.07) is 7.39. The van der Waals surface area contributed by atoms with E-state index in [0.29, 0.717) is 19.6 Å². The molecule has 0 atom stereocenters. The molecular formula is C17H24N2O4. The molecule has 0 radical (unpaired) electrons. The van der Waals surface area contributed by atoms with E-state index in [9.17, 15) is 4.79 Å². The van der Waals surface area contributed by atoms with Crippen molar-refractivity contribution in [2.24, 2.45) is 0 Å². The zero-order chi connectivity index (χ0) is 16.1. The van der Waals surface area contributed by atoms with Gasteiger partial charge in [0.1, 0.15) is 5.75 Å². The minimum atomic E-state index is -0.348. The van der Waals surface area contributed by atoms with Gasteiger partial charge in [0.15, 0.2) is 5.79 Å². The van der Waals surface area contributed by atoms with Gasteiger partial charge in [-0.15, -0.1) is 0 Å². The average molecular weight is 320 g/mol. The van der Waals surface area contributed by atoms with Gasteiger partial charge in [-0.05, 0) is 12.1 Å². The number of nitrogens with zero attached hydrogens (tertiary/aromatic N) is 1. The molecule has 0 bridgehead atoms. The zero-order valence-electron chi connectivity index (χ0n) is 13.5. The van der Waals surface area contributed by atoms with Crippen molar-refractivity contribution in [3.63, 3.8) is 0 Å². The van der Waals surface area contributed by atoms with E-state index < -0.39 is 0 Å². The number of carbonyl (C=O) groups excluding carboxylic acids is 1. The fourth-order valence-corrected chi connectivity index (χ4v) is 3.09. The summed E-state index contributed by atoms with van der Waals surface area (Å²) in [4.78, 5) is 14.4. The summed E-state index contributed by atoms with van der Waals surface area (Å²) in [5, 5.41) is 2.91. The second-order valence-electron chi connectivity index (χ2n) is 5.98. The Balaban J connectivity index is 1.41. The lowest BCUT2D eigenvalue weighted by Gasteiger charge is -2.37. The van der Waals surface area contributed by atoms with Crippen molar-refractivity contribution in [2.75, 3.05) is 45.3 Å². The molecular weight excluding hydrogens is 296 g/mol. The molecule has 0 aliphatic carbocycles. The molecule has 1 aromatic carbocycles. The zero-order valence-corrected chi connectivity index (χ0v) is 13.5. The number of likely N-dealkylation sites (tertiary alicyclic amines) is 1. The highest BCUT2D eigenvalue weighted by Gasteiger charge is 2.39. The number of benzene rings is 1. The van der Waals surface area contributed by atoms with Crippen LogP contribution in [0, 0.1) is 0 Å². The summed E-state index contributed by atoms with van der Waals surface area (Å²) in [5.74, 6) is 0.409. The molecule has 2 fully saturated rings. The van der Waals surface area contributed by atoms with Crippen molar-refractivity contribution < 1.29 is 19.0 Å². The molecule has 0 unspecified atom stereocenters. The first kappa shape index (κ1) is 16.2. The SMILES string of the molecule is COc1cccc(NC(=O)CCN2CCC3(CC2)OCCO3)c1. The summed E-state index contributed by atoms with van der Waals surface area (Å²) in [6.45, 7) is 3.97. The first-order chi connectivity index (χ1) is 11.2. The third kappa shape index (κ3) is 4.22. The van der Waals surface area contributed by atoms with E-state index >= 15 is 0 Å². The molecule has 1 aromatic rings.